The Labute approximate surface area is 196 Å². The summed E-state index contributed by atoms with van der Waals surface area (Å²) < 4.78 is 11.0. The van der Waals surface area contributed by atoms with Crippen molar-refractivity contribution in [2.24, 2.45) is 0 Å². The monoisotopic (exact) mass is 469 g/mol. The van der Waals surface area contributed by atoms with Crippen molar-refractivity contribution < 1.29 is 13.9 Å². The number of fused-ring (bicyclic) bond motifs is 1. The minimum Gasteiger partial charge on any atom is -0.497 e. The topological polar surface area (TPSA) is 58.8 Å². The lowest BCUT2D eigenvalue weighted by Crippen LogP contribution is -2.48. The number of piperazine rings is 1. The van der Waals surface area contributed by atoms with Crippen LogP contribution in [-0.4, -0.2) is 54.0 Å². The number of ether oxygens (including phenoxy) is 1. The van der Waals surface area contributed by atoms with E-state index >= 15 is 0 Å². The Bertz CT molecular complexity index is 1160. The summed E-state index contributed by atoms with van der Waals surface area (Å²) in [6.45, 7) is 3.82. The highest BCUT2D eigenvalue weighted by atomic mass is 35.5. The van der Waals surface area contributed by atoms with E-state index in [1.54, 1.807) is 18.4 Å². The number of hydrogen-bond acceptors (Lipinski definition) is 6. The zero-order valence-corrected chi connectivity index (χ0v) is 19.3. The predicted octanol–water partition coefficient (Wildman–Crippen LogP) is 4.94. The maximum absolute atomic E-state index is 12.8. The fraction of sp³-hybridized carbons (Fsp3) is 0.250. The molecule has 3 heterocycles. The number of carbonyl (C=O) groups is 1. The molecule has 0 aliphatic carbocycles. The zero-order chi connectivity index (χ0) is 21.2. The zero-order valence-electron chi connectivity index (χ0n) is 17.7. The first kappa shape index (κ1) is 22.3. The summed E-state index contributed by atoms with van der Waals surface area (Å²) in [5.74, 6) is 1.22. The molecule has 2 aromatic heterocycles. The van der Waals surface area contributed by atoms with Gasteiger partial charge in [0.15, 0.2) is 5.76 Å². The molecule has 1 amide bonds. The number of nitrogens with zero attached hydrogens (tertiary/aromatic N) is 3. The van der Waals surface area contributed by atoms with Crippen molar-refractivity contribution in [1.29, 1.82) is 0 Å². The second-order valence-electron chi connectivity index (χ2n) is 7.57. The Morgan fingerprint density at radius 2 is 1.84 bits per heavy atom. The lowest BCUT2D eigenvalue weighted by Gasteiger charge is -2.33. The van der Waals surface area contributed by atoms with Crippen molar-refractivity contribution in [3.63, 3.8) is 0 Å². The van der Waals surface area contributed by atoms with E-state index in [0.29, 0.717) is 18.8 Å². The van der Waals surface area contributed by atoms with Crippen LogP contribution in [0.1, 0.15) is 15.6 Å². The predicted molar refractivity (Wildman–Crippen MR) is 129 cm³/mol. The SMILES string of the molecule is COc1ccc(-c2csc(CN3CCN(C(=O)c4cc5ccccc5o4)CC3)n2)cc1.Cl. The van der Waals surface area contributed by atoms with Crippen LogP contribution in [-0.2, 0) is 6.54 Å². The van der Waals surface area contributed by atoms with Crippen LogP contribution in [0, 0.1) is 0 Å². The van der Waals surface area contributed by atoms with Crippen LogP contribution in [0.3, 0.4) is 0 Å². The molecule has 1 fully saturated rings. The molecule has 4 aromatic rings. The molecule has 0 saturated carbocycles. The normalized spacial score (nSPS) is 14.3. The van der Waals surface area contributed by atoms with E-state index in [0.717, 1.165) is 52.6 Å². The van der Waals surface area contributed by atoms with Crippen LogP contribution in [0.25, 0.3) is 22.2 Å². The number of halogens is 1. The number of methoxy groups -OCH3 is 1. The Balaban J connectivity index is 0.00000245. The Hall–Kier alpha value is -2.87. The third-order valence-electron chi connectivity index (χ3n) is 5.59. The fourth-order valence-electron chi connectivity index (χ4n) is 3.82. The number of amides is 1. The molecule has 1 saturated heterocycles. The molecule has 0 N–H and O–H groups in total. The summed E-state index contributed by atoms with van der Waals surface area (Å²) in [7, 11) is 1.67. The van der Waals surface area contributed by atoms with Gasteiger partial charge in [-0.25, -0.2) is 4.98 Å². The Morgan fingerprint density at radius 1 is 1.09 bits per heavy atom. The molecular formula is C24H24ClN3O3S. The fourth-order valence-corrected chi connectivity index (χ4v) is 4.67. The summed E-state index contributed by atoms with van der Waals surface area (Å²) in [5, 5.41) is 4.14. The maximum atomic E-state index is 12.8. The van der Waals surface area contributed by atoms with Gasteiger partial charge in [-0.3, -0.25) is 9.69 Å². The van der Waals surface area contributed by atoms with Crippen molar-refractivity contribution in [1.82, 2.24) is 14.8 Å². The summed E-state index contributed by atoms with van der Waals surface area (Å²) in [4.78, 5) is 21.9. The minimum atomic E-state index is -0.0353. The van der Waals surface area contributed by atoms with Crippen LogP contribution >= 0.6 is 23.7 Å². The number of hydrogen-bond donors (Lipinski definition) is 0. The highest BCUT2D eigenvalue weighted by Crippen LogP contribution is 2.25. The molecule has 32 heavy (non-hydrogen) atoms. The number of benzene rings is 2. The second kappa shape index (κ2) is 9.73. The number of carbonyl (C=O) groups excluding carboxylic acids is 1. The van der Waals surface area contributed by atoms with E-state index in [4.69, 9.17) is 14.1 Å². The molecule has 0 radical (unpaired) electrons. The van der Waals surface area contributed by atoms with Crippen LogP contribution < -0.4 is 4.74 Å². The summed E-state index contributed by atoms with van der Waals surface area (Å²) in [5.41, 5.74) is 2.83. The van der Waals surface area contributed by atoms with Crippen molar-refractivity contribution >= 4 is 40.6 Å². The van der Waals surface area contributed by atoms with Crippen LogP contribution in [0.2, 0.25) is 0 Å². The van der Waals surface area contributed by atoms with Gasteiger partial charge in [-0.2, -0.15) is 0 Å². The molecule has 2 aromatic carbocycles. The molecule has 8 heteroatoms. The van der Waals surface area contributed by atoms with E-state index in [1.165, 1.54) is 0 Å². The molecule has 5 rings (SSSR count). The van der Waals surface area contributed by atoms with Gasteiger partial charge < -0.3 is 14.1 Å². The molecule has 0 unspecified atom stereocenters. The minimum absolute atomic E-state index is 0. The average Bonchev–Trinajstić information content (AvgIpc) is 3.46. The molecule has 166 valence electrons. The second-order valence-corrected chi connectivity index (χ2v) is 8.51. The van der Waals surface area contributed by atoms with Gasteiger partial charge >= 0.3 is 0 Å². The standard InChI is InChI=1S/C24H23N3O3S.ClH/c1-29-19-8-6-17(7-9-19)20-16-31-23(25-20)15-26-10-12-27(13-11-26)24(28)22-14-18-4-2-3-5-21(18)30-22;/h2-9,14,16H,10-13,15H2,1H3;1H. The molecular weight excluding hydrogens is 446 g/mol. The van der Waals surface area contributed by atoms with E-state index in [2.05, 4.69) is 10.3 Å². The molecule has 0 bridgehead atoms. The van der Waals surface area contributed by atoms with Gasteiger partial charge in [-0.1, -0.05) is 18.2 Å². The van der Waals surface area contributed by atoms with Crippen molar-refractivity contribution in [3.8, 4) is 17.0 Å². The van der Waals surface area contributed by atoms with Gasteiger partial charge in [-0.05, 0) is 36.4 Å². The van der Waals surface area contributed by atoms with Gasteiger partial charge in [-0.15, -0.1) is 23.7 Å². The molecule has 6 nitrogen and oxygen atoms in total. The smallest absolute Gasteiger partial charge is 0.289 e. The summed E-state index contributed by atoms with van der Waals surface area (Å²) in [6, 6.07) is 17.5. The van der Waals surface area contributed by atoms with Gasteiger partial charge in [0.25, 0.3) is 5.91 Å². The number of thiazole rings is 1. The average molecular weight is 470 g/mol. The molecule has 1 aliphatic heterocycles. The number of furan rings is 1. The first-order chi connectivity index (χ1) is 15.2. The van der Waals surface area contributed by atoms with Gasteiger partial charge in [0.05, 0.1) is 19.3 Å². The molecule has 0 spiro atoms. The summed E-state index contributed by atoms with van der Waals surface area (Å²) >= 11 is 1.67. The largest absolute Gasteiger partial charge is 0.497 e. The molecule has 0 atom stereocenters. The number of aromatic nitrogens is 1. The first-order valence-electron chi connectivity index (χ1n) is 10.3. The van der Waals surface area contributed by atoms with Gasteiger partial charge in [0.1, 0.15) is 16.3 Å². The Kier molecular flexibility index (Phi) is 6.79. The quantitative estimate of drug-likeness (QED) is 0.414. The molecule has 1 aliphatic rings. The van der Waals surface area contributed by atoms with Gasteiger partial charge in [0.2, 0.25) is 0 Å². The van der Waals surface area contributed by atoms with E-state index < -0.39 is 0 Å². The highest BCUT2D eigenvalue weighted by Gasteiger charge is 2.25. The first-order valence-corrected chi connectivity index (χ1v) is 11.2. The number of rotatable bonds is 5. The third-order valence-corrected chi connectivity index (χ3v) is 6.43. The highest BCUT2D eigenvalue weighted by molar-refractivity contribution is 7.09. The maximum Gasteiger partial charge on any atom is 0.289 e. The number of para-hydroxylation sites is 1. The van der Waals surface area contributed by atoms with Crippen molar-refractivity contribution in [2.45, 2.75) is 6.54 Å². The van der Waals surface area contributed by atoms with Crippen LogP contribution in [0.15, 0.2) is 64.4 Å². The Morgan fingerprint density at radius 3 is 2.56 bits per heavy atom. The van der Waals surface area contributed by atoms with Crippen LogP contribution in [0.4, 0.5) is 0 Å². The lowest BCUT2D eigenvalue weighted by molar-refractivity contribution is 0.0600. The van der Waals surface area contributed by atoms with Gasteiger partial charge in [0, 0.05) is 42.5 Å². The van der Waals surface area contributed by atoms with Crippen molar-refractivity contribution in [2.75, 3.05) is 33.3 Å². The lowest BCUT2D eigenvalue weighted by atomic mass is 10.2. The van der Waals surface area contributed by atoms with E-state index in [9.17, 15) is 4.79 Å². The van der Waals surface area contributed by atoms with Crippen LogP contribution in [0.5, 0.6) is 5.75 Å². The van der Waals surface area contributed by atoms with E-state index in [1.807, 2.05) is 59.5 Å². The summed E-state index contributed by atoms with van der Waals surface area (Å²) in [6.07, 6.45) is 0. The van der Waals surface area contributed by atoms with Crippen molar-refractivity contribution in [3.05, 3.63) is 70.7 Å². The third kappa shape index (κ3) is 4.65. The van der Waals surface area contributed by atoms with E-state index in [-0.39, 0.29) is 18.3 Å².